The largest absolute Gasteiger partial charge is 0.393 e. The fraction of sp³-hybridized carbons (Fsp3) is 0.778. The average Bonchev–Trinajstić information content (AvgIpc) is 2.31. The van der Waals surface area contributed by atoms with Gasteiger partial charge in [0.25, 0.3) is 0 Å². The van der Waals surface area contributed by atoms with Gasteiger partial charge in [-0.25, -0.2) is 0 Å². The number of aliphatic hydroxyl groups excluding tert-OH is 2. The maximum absolute atomic E-state index is 9.13. The Morgan fingerprint density at radius 3 is 2.91 bits per heavy atom. The molecule has 0 bridgehead atoms. The molecule has 2 heteroatoms. The van der Waals surface area contributed by atoms with Crippen molar-refractivity contribution >= 4 is 0 Å². The second-order valence-corrected chi connectivity index (χ2v) is 3.32. The minimum absolute atomic E-state index is 0.214. The lowest BCUT2D eigenvalue weighted by Crippen LogP contribution is -1.98. The number of rotatable bonds is 3. The molecule has 0 saturated heterocycles. The quantitative estimate of drug-likeness (QED) is 0.603. The molecule has 0 aliphatic heterocycles. The lowest BCUT2D eigenvalue weighted by atomic mass is 10.1. The van der Waals surface area contributed by atoms with E-state index in [4.69, 9.17) is 10.2 Å². The van der Waals surface area contributed by atoms with Gasteiger partial charge in [-0.15, -0.1) is 0 Å². The van der Waals surface area contributed by atoms with E-state index in [2.05, 4.69) is 0 Å². The smallest absolute Gasteiger partial charge is 0.0726 e. The summed E-state index contributed by atoms with van der Waals surface area (Å²) in [6.45, 7) is 1.80. The molecule has 0 aromatic carbocycles. The average molecular weight is 156 g/mol. The maximum atomic E-state index is 9.13. The molecule has 2 atom stereocenters. The Hall–Kier alpha value is -0.340. The predicted octanol–water partition coefficient (Wildman–Crippen LogP) is 1.23. The summed E-state index contributed by atoms with van der Waals surface area (Å²) in [4.78, 5) is 0. The topological polar surface area (TPSA) is 40.5 Å². The van der Waals surface area contributed by atoms with Crippen molar-refractivity contribution in [3.05, 3.63) is 11.6 Å². The van der Waals surface area contributed by atoms with Gasteiger partial charge in [-0.05, 0) is 32.6 Å². The van der Waals surface area contributed by atoms with E-state index in [0.29, 0.717) is 0 Å². The Balaban J connectivity index is 2.22. The molecule has 0 saturated carbocycles. The van der Waals surface area contributed by atoms with Crippen molar-refractivity contribution in [2.24, 2.45) is 0 Å². The number of hydrogen-bond donors (Lipinski definition) is 2. The van der Waals surface area contributed by atoms with Crippen LogP contribution in [0.5, 0.6) is 0 Å². The van der Waals surface area contributed by atoms with Crippen LogP contribution in [-0.4, -0.2) is 22.4 Å². The molecule has 1 aliphatic carbocycles. The first kappa shape index (κ1) is 8.75. The summed E-state index contributed by atoms with van der Waals surface area (Å²) in [5.41, 5.74) is 1.30. The highest BCUT2D eigenvalue weighted by Gasteiger charge is 2.12. The molecule has 64 valence electrons. The van der Waals surface area contributed by atoms with Gasteiger partial charge in [0.05, 0.1) is 12.2 Å². The molecule has 2 unspecified atom stereocenters. The van der Waals surface area contributed by atoms with Crippen LogP contribution in [0.25, 0.3) is 0 Å². The maximum Gasteiger partial charge on any atom is 0.0726 e. The molecule has 0 radical (unpaired) electrons. The first-order chi connectivity index (χ1) is 5.18. The molecule has 11 heavy (non-hydrogen) atoms. The highest BCUT2D eigenvalue weighted by molar-refractivity contribution is 5.11. The summed E-state index contributed by atoms with van der Waals surface area (Å²) in [6.07, 6.45) is 5.12. The Labute approximate surface area is 67.6 Å². The van der Waals surface area contributed by atoms with Crippen molar-refractivity contribution in [2.75, 3.05) is 0 Å². The van der Waals surface area contributed by atoms with E-state index in [1.165, 1.54) is 5.57 Å². The summed E-state index contributed by atoms with van der Waals surface area (Å²) in [7, 11) is 0. The van der Waals surface area contributed by atoms with Crippen LogP contribution in [0.15, 0.2) is 11.6 Å². The Morgan fingerprint density at radius 1 is 1.73 bits per heavy atom. The second kappa shape index (κ2) is 3.88. The molecule has 0 amide bonds. The summed E-state index contributed by atoms with van der Waals surface area (Å²) in [6, 6.07) is 0. The monoisotopic (exact) mass is 156 g/mol. The van der Waals surface area contributed by atoms with E-state index in [-0.39, 0.29) is 12.2 Å². The Kier molecular flexibility index (Phi) is 3.09. The van der Waals surface area contributed by atoms with Gasteiger partial charge in [-0.2, -0.15) is 0 Å². The van der Waals surface area contributed by atoms with E-state index in [9.17, 15) is 0 Å². The summed E-state index contributed by atoms with van der Waals surface area (Å²) in [5.74, 6) is 0. The SMILES string of the molecule is CC(O)CCC1=CC(O)CC1. The molecular weight excluding hydrogens is 140 g/mol. The molecule has 0 spiro atoms. The van der Waals surface area contributed by atoms with Crippen LogP contribution in [0.3, 0.4) is 0 Å². The zero-order valence-electron chi connectivity index (χ0n) is 6.95. The molecule has 1 rings (SSSR count). The normalized spacial score (nSPS) is 26.8. The van der Waals surface area contributed by atoms with Crippen LogP contribution in [0.1, 0.15) is 32.6 Å². The van der Waals surface area contributed by atoms with Crippen molar-refractivity contribution in [1.82, 2.24) is 0 Å². The van der Waals surface area contributed by atoms with E-state index >= 15 is 0 Å². The van der Waals surface area contributed by atoms with Crippen LogP contribution in [-0.2, 0) is 0 Å². The first-order valence-corrected chi connectivity index (χ1v) is 4.24. The molecule has 0 fully saturated rings. The molecule has 0 heterocycles. The molecule has 2 nitrogen and oxygen atoms in total. The number of aliphatic hydroxyl groups is 2. The van der Waals surface area contributed by atoms with Crippen molar-refractivity contribution in [2.45, 2.75) is 44.8 Å². The zero-order chi connectivity index (χ0) is 8.27. The predicted molar refractivity (Wildman–Crippen MR) is 44.2 cm³/mol. The number of hydrogen-bond acceptors (Lipinski definition) is 2. The van der Waals surface area contributed by atoms with Crippen LogP contribution in [0, 0.1) is 0 Å². The van der Waals surface area contributed by atoms with Gasteiger partial charge in [0.15, 0.2) is 0 Å². The van der Waals surface area contributed by atoms with Gasteiger partial charge >= 0.3 is 0 Å². The van der Waals surface area contributed by atoms with Crippen LogP contribution in [0.4, 0.5) is 0 Å². The molecule has 0 aromatic heterocycles. The standard InChI is InChI=1S/C9H16O2/c1-7(10)2-3-8-4-5-9(11)6-8/h6-7,9-11H,2-5H2,1H3. The minimum atomic E-state index is -0.223. The van der Waals surface area contributed by atoms with Crippen molar-refractivity contribution in [3.63, 3.8) is 0 Å². The third-order valence-corrected chi connectivity index (χ3v) is 2.07. The fourth-order valence-corrected chi connectivity index (χ4v) is 1.37. The molecule has 1 aliphatic rings. The van der Waals surface area contributed by atoms with Gasteiger partial charge in [0.2, 0.25) is 0 Å². The van der Waals surface area contributed by atoms with Gasteiger partial charge in [-0.1, -0.05) is 11.6 Å². The summed E-state index contributed by atoms with van der Waals surface area (Å²) < 4.78 is 0. The van der Waals surface area contributed by atoms with E-state index < -0.39 is 0 Å². The molecular formula is C9H16O2. The zero-order valence-corrected chi connectivity index (χ0v) is 6.95. The lowest BCUT2D eigenvalue weighted by Gasteiger charge is -2.03. The second-order valence-electron chi connectivity index (χ2n) is 3.32. The van der Waals surface area contributed by atoms with Crippen LogP contribution < -0.4 is 0 Å². The first-order valence-electron chi connectivity index (χ1n) is 4.24. The lowest BCUT2D eigenvalue weighted by molar-refractivity contribution is 0.184. The van der Waals surface area contributed by atoms with Crippen molar-refractivity contribution in [3.8, 4) is 0 Å². The van der Waals surface area contributed by atoms with E-state index in [1.807, 2.05) is 6.08 Å². The molecule has 2 N–H and O–H groups in total. The number of allylic oxidation sites excluding steroid dienone is 1. The third-order valence-electron chi connectivity index (χ3n) is 2.07. The van der Waals surface area contributed by atoms with Crippen molar-refractivity contribution in [1.29, 1.82) is 0 Å². The van der Waals surface area contributed by atoms with E-state index in [0.717, 1.165) is 25.7 Å². The van der Waals surface area contributed by atoms with Crippen LogP contribution >= 0.6 is 0 Å². The Morgan fingerprint density at radius 2 is 2.45 bits per heavy atom. The third kappa shape index (κ3) is 3.04. The van der Waals surface area contributed by atoms with Gasteiger partial charge in [0.1, 0.15) is 0 Å². The highest BCUT2D eigenvalue weighted by Crippen LogP contribution is 2.22. The van der Waals surface area contributed by atoms with Crippen LogP contribution in [0.2, 0.25) is 0 Å². The summed E-state index contributed by atoms with van der Waals surface area (Å²) >= 11 is 0. The van der Waals surface area contributed by atoms with Gasteiger partial charge in [-0.3, -0.25) is 0 Å². The van der Waals surface area contributed by atoms with Gasteiger partial charge < -0.3 is 10.2 Å². The molecule has 0 aromatic rings. The van der Waals surface area contributed by atoms with E-state index in [1.54, 1.807) is 6.92 Å². The van der Waals surface area contributed by atoms with Gasteiger partial charge in [0, 0.05) is 0 Å². The van der Waals surface area contributed by atoms with Crippen molar-refractivity contribution < 1.29 is 10.2 Å². The highest BCUT2D eigenvalue weighted by atomic mass is 16.3. The summed E-state index contributed by atoms with van der Waals surface area (Å²) in [5, 5.41) is 18.1. The fourth-order valence-electron chi connectivity index (χ4n) is 1.37. The Bertz CT molecular complexity index is 150. The minimum Gasteiger partial charge on any atom is -0.393 e.